The Balaban J connectivity index is 2.04. The van der Waals surface area contributed by atoms with Crippen molar-refractivity contribution in [2.45, 2.75) is 18.3 Å². The van der Waals surface area contributed by atoms with Crippen molar-refractivity contribution in [2.24, 2.45) is 0 Å². The Morgan fingerprint density at radius 3 is 2.82 bits per heavy atom. The summed E-state index contributed by atoms with van der Waals surface area (Å²) >= 11 is 0. The van der Waals surface area contributed by atoms with Crippen molar-refractivity contribution >= 4 is 5.97 Å². The van der Waals surface area contributed by atoms with E-state index in [1.807, 2.05) is 0 Å². The van der Waals surface area contributed by atoms with Crippen LogP contribution in [0.1, 0.15) is 16.8 Å². The Hall–Kier alpha value is -1.43. The van der Waals surface area contributed by atoms with Gasteiger partial charge in [0.25, 0.3) is 0 Å². The highest BCUT2D eigenvalue weighted by atomic mass is 16.7. The van der Waals surface area contributed by atoms with Gasteiger partial charge in [-0.05, 0) is 12.1 Å². The molecular weight excluding hydrogens is 224 g/mol. The van der Waals surface area contributed by atoms with Crippen molar-refractivity contribution in [3.8, 4) is 0 Å². The number of benzene rings is 1. The molecule has 2 atom stereocenters. The van der Waals surface area contributed by atoms with Crippen molar-refractivity contribution in [1.82, 2.24) is 0 Å². The smallest absolute Gasteiger partial charge is 0.338 e. The third kappa shape index (κ3) is 2.46. The minimum absolute atomic E-state index is 0.254. The molecule has 0 bridgehead atoms. The quantitative estimate of drug-likeness (QED) is 0.741. The van der Waals surface area contributed by atoms with Crippen LogP contribution in [0, 0.1) is 0 Å². The van der Waals surface area contributed by atoms with Crippen LogP contribution < -0.4 is 0 Å². The Labute approximate surface area is 98.6 Å². The third-order valence-electron chi connectivity index (χ3n) is 2.72. The first-order chi connectivity index (χ1) is 8.15. The first-order valence-electron chi connectivity index (χ1n) is 5.39. The number of rotatable bonds is 3. The molecule has 1 aromatic carbocycles. The highest BCUT2D eigenvalue weighted by Crippen LogP contribution is 2.26. The second-order valence-corrected chi connectivity index (χ2v) is 3.90. The monoisotopic (exact) mass is 238 g/mol. The maximum Gasteiger partial charge on any atom is 0.338 e. The molecule has 0 amide bonds. The van der Waals surface area contributed by atoms with E-state index in [4.69, 9.17) is 14.6 Å². The number of esters is 1. The second kappa shape index (κ2) is 4.83. The lowest BCUT2D eigenvalue weighted by atomic mass is 10.1. The van der Waals surface area contributed by atoms with Crippen LogP contribution in [0.3, 0.4) is 0 Å². The lowest BCUT2D eigenvalue weighted by Gasteiger charge is -2.25. The van der Waals surface area contributed by atoms with E-state index in [1.165, 1.54) is 0 Å². The largest absolute Gasteiger partial charge is 0.453 e. The Morgan fingerprint density at radius 1 is 1.47 bits per heavy atom. The fourth-order valence-corrected chi connectivity index (χ4v) is 1.73. The van der Waals surface area contributed by atoms with Crippen LogP contribution >= 0.6 is 0 Å². The Bertz CT molecular complexity index is 391. The van der Waals surface area contributed by atoms with Crippen LogP contribution in [-0.4, -0.2) is 41.3 Å². The molecule has 0 radical (unpaired) electrons. The third-order valence-corrected chi connectivity index (χ3v) is 2.72. The van der Waals surface area contributed by atoms with Crippen LogP contribution in [-0.2, 0) is 9.47 Å². The average Bonchev–Trinajstić information content (AvgIpc) is 2.73. The van der Waals surface area contributed by atoms with Gasteiger partial charge in [0.05, 0.1) is 12.2 Å². The summed E-state index contributed by atoms with van der Waals surface area (Å²) in [7, 11) is 0. The number of carbonyl (C=O) groups excluding carboxylic acids is 1. The van der Waals surface area contributed by atoms with E-state index in [0.717, 1.165) is 0 Å². The average molecular weight is 238 g/mol. The molecule has 0 spiro atoms. The van der Waals surface area contributed by atoms with E-state index in [0.29, 0.717) is 12.0 Å². The zero-order chi connectivity index (χ0) is 12.3. The molecule has 1 aromatic rings. The van der Waals surface area contributed by atoms with Crippen molar-refractivity contribution in [1.29, 1.82) is 0 Å². The summed E-state index contributed by atoms with van der Waals surface area (Å²) in [6, 6.07) is 8.48. The van der Waals surface area contributed by atoms with E-state index in [1.54, 1.807) is 30.3 Å². The zero-order valence-corrected chi connectivity index (χ0v) is 9.20. The van der Waals surface area contributed by atoms with Crippen molar-refractivity contribution < 1.29 is 24.5 Å². The zero-order valence-electron chi connectivity index (χ0n) is 9.20. The molecule has 1 aliphatic heterocycles. The van der Waals surface area contributed by atoms with E-state index in [2.05, 4.69) is 0 Å². The first kappa shape index (κ1) is 12.0. The fraction of sp³-hybridized carbons (Fsp3) is 0.417. The summed E-state index contributed by atoms with van der Waals surface area (Å²) in [6.45, 7) is -0.344. The number of carbonyl (C=O) groups is 1. The maximum atomic E-state index is 11.7. The molecule has 1 aliphatic rings. The summed E-state index contributed by atoms with van der Waals surface area (Å²) in [4.78, 5) is 11.7. The van der Waals surface area contributed by atoms with Gasteiger partial charge >= 0.3 is 5.97 Å². The molecule has 0 saturated carbocycles. The summed E-state index contributed by atoms with van der Waals surface area (Å²) < 4.78 is 10.1. The number of hydrogen-bond donors (Lipinski definition) is 2. The van der Waals surface area contributed by atoms with E-state index in [-0.39, 0.29) is 6.61 Å². The summed E-state index contributed by atoms with van der Waals surface area (Å²) in [5.74, 6) is -2.31. The minimum Gasteiger partial charge on any atom is -0.453 e. The molecule has 0 aromatic heterocycles. The van der Waals surface area contributed by atoms with Crippen molar-refractivity contribution in [3.63, 3.8) is 0 Å². The van der Waals surface area contributed by atoms with Crippen LogP contribution in [0.25, 0.3) is 0 Å². The van der Waals surface area contributed by atoms with Gasteiger partial charge < -0.3 is 19.7 Å². The van der Waals surface area contributed by atoms with Crippen LogP contribution in [0.4, 0.5) is 0 Å². The van der Waals surface area contributed by atoms with E-state index in [9.17, 15) is 9.90 Å². The van der Waals surface area contributed by atoms with Gasteiger partial charge in [-0.1, -0.05) is 18.2 Å². The van der Waals surface area contributed by atoms with Crippen LogP contribution in [0.5, 0.6) is 0 Å². The maximum absolute atomic E-state index is 11.7. The summed E-state index contributed by atoms with van der Waals surface area (Å²) in [5.41, 5.74) is 0.402. The van der Waals surface area contributed by atoms with Gasteiger partial charge in [-0.3, -0.25) is 0 Å². The minimum atomic E-state index is -1.77. The lowest BCUT2D eigenvalue weighted by Crippen LogP contribution is -2.45. The topological polar surface area (TPSA) is 76.0 Å². The SMILES string of the molecule is O=C(OC1CCOC1(O)CO)c1ccccc1. The molecule has 1 fully saturated rings. The fourth-order valence-electron chi connectivity index (χ4n) is 1.73. The van der Waals surface area contributed by atoms with Gasteiger partial charge in [0.1, 0.15) is 6.61 Å². The highest BCUT2D eigenvalue weighted by Gasteiger charge is 2.45. The standard InChI is InChI=1S/C12H14O5/c13-8-12(15)10(6-7-16-12)17-11(14)9-4-2-1-3-5-9/h1-5,10,13,15H,6-8H2. The predicted octanol–water partition coefficient (Wildman–Crippen LogP) is 0.313. The molecule has 2 unspecified atom stereocenters. The van der Waals surface area contributed by atoms with Gasteiger partial charge in [0.15, 0.2) is 6.10 Å². The lowest BCUT2D eigenvalue weighted by molar-refractivity contribution is -0.232. The predicted molar refractivity (Wildman–Crippen MR) is 58.3 cm³/mol. The van der Waals surface area contributed by atoms with Gasteiger partial charge in [0, 0.05) is 6.42 Å². The van der Waals surface area contributed by atoms with Gasteiger partial charge in [0.2, 0.25) is 5.79 Å². The number of ether oxygens (including phenoxy) is 2. The van der Waals surface area contributed by atoms with Crippen molar-refractivity contribution in [3.05, 3.63) is 35.9 Å². The molecule has 5 nitrogen and oxygen atoms in total. The molecule has 2 N–H and O–H groups in total. The van der Waals surface area contributed by atoms with Crippen molar-refractivity contribution in [2.75, 3.05) is 13.2 Å². The molecule has 92 valence electrons. The van der Waals surface area contributed by atoms with Gasteiger partial charge in [-0.25, -0.2) is 4.79 Å². The Morgan fingerprint density at radius 2 is 2.18 bits per heavy atom. The Kier molecular flexibility index (Phi) is 3.42. The first-order valence-corrected chi connectivity index (χ1v) is 5.39. The second-order valence-electron chi connectivity index (χ2n) is 3.90. The van der Waals surface area contributed by atoms with E-state index >= 15 is 0 Å². The summed E-state index contributed by atoms with van der Waals surface area (Å²) in [5, 5.41) is 18.8. The highest BCUT2D eigenvalue weighted by molar-refractivity contribution is 5.89. The van der Waals surface area contributed by atoms with Gasteiger partial charge in [-0.15, -0.1) is 0 Å². The van der Waals surface area contributed by atoms with E-state index < -0.39 is 24.5 Å². The van der Waals surface area contributed by atoms with Crippen LogP contribution in [0.2, 0.25) is 0 Å². The molecule has 1 heterocycles. The summed E-state index contributed by atoms with van der Waals surface area (Å²) in [6.07, 6.45) is -0.462. The molecule has 2 rings (SSSR count). The molecule has 5 heteroatoms. The molecule has 0 aliphatic carbocycles. The number of aliphatic hydroxyl groups is 2. The normalized spacial score (nSPS) is 28.0. The van der Waals surface area contributed by atoms with Gasteiger partial charge in [-0.2, -0.15) is 0 Å². The number of hydrogen-bond acceptors (Lipinski definition) is 5. The molecule has 1 saturated heterocycles. The molecule has 17 heavy (non-hydrogen) atoms. The van der Waals surface area contributed by atoms with Crippen LogP contribution in [0.15, 0.2) is 30.3 Å². The number of aliphatic hydroxyl groups excluding tert-OH is 1. The molecular formula is C12H14O5.